The number of hydrogen-bond acceptors (Lipinski definition) is 1. The lowest BCUT2D eigenvalue weighted by Crippen LogP contribution is -2.02. The molecular formula is C12H17N. The van der Waals surface area contributed by atoms with E-state index in [4.69, 9.17) is 5.73 Å². The van der Waals surface area contributed by atoms with Gasteiger partial charge in [0.25, 0.3) is 0 Å². The molecule has 1 atom stereocenters. The molecule has 0 saturated carbocycles. The van der Waals surface area contributed by atoms with Crippen molar-refractivity contribution in [2.45, 2.75) is 26.2 Å². The Labute approximate surface area is 80.3 Å². The predicted molar refractivity (Wildman–Crippen MR) is 58.7 cm³/mol. The van der Waals surface area contributed by atoms with E-state index in [1.54, 1.807) is 0 Å². The summed E-state index contributed by atoms with van der Waals surface area (Å²) in [5.41, 5.74) is 9.15. The minimum atomic E-state index is 0.404. The fourth-order valence-corrected chi connectivity index (χ4v) is 1.66. The van der Waals surface area contributed by atoms with Crippen LogP contribution < -0.4 is 5.73 Å². The Bertz CT molecular complexity index is 302. The molecule has 0 saturated heterocycles. The van der Waals surface area contributed by atoms with Gasteiger partial charge in [-0.1, -0.05) is 37.3 Å². The summed E-state index contributed by atoms with van der Waals surface area (Å²) in [5.74, 6) is 0.404. The topological polar surface area (TPSA) is 26.0 Å². The van der Waals surface area contributed by atoms with E-state index in [2.05, 4.69) is 26.5 Å². The zero-order valence-electron chi connectivity index (χ0n) is 8.38. The van der Waals surface area contributed by atoms with Crippen molar-refractivity contribution in [3.05, 3.63) is 42.0 Å². The molecule has 2 N–H and O–H groups in total. The largest absolute Gasteiger partial charge is 0.398 e. The van der Waals surface area contributed by atoms with Crippen LogP contribution in [0.15, 0.2) is 36.4 Å². The molecule has 1 heteroatoms. The molecule has 1 aromatic carbocycles. The molecule has 1 unspecified atom stereocenters. The van der Waals surface area contributed by atoms with Crippen LogP contribution in [0.2, 0.25) is 0 Å². The highest BCUT2D eigenvalue weighted by molar-refractivity contribution is 5.50. The third kappa shape index (κ3) is 2.11. The quantitative estimate of drug-likeness (QED) is 0.553. The molecule has 1 nitrogen and oxygen atoms in total. The van der Waals surface area contributed by atoms with E-state index in [-0.39, 0.29) is 0 Å². The average Bonchev–Trinajstić information content (AvgIpc) is 2.09. The Morgan fingerprint density at radius 2 is 2.08 bits per heavy atom. The number of para-hydroxylation sites is 1. The second kappa shape index (κ2) is 4.13. The SMILES string of the molecule is C=C(C)C(CC)c1ccccc1N. The summed E-state index contributed by atoms with van der Waals surface area (Å²) in [7, 11) is 0. The molecule has 1 aromatic rings. The molecular weight excluding hydrogens is 158 g/mol. The standard InChI is InChI=1S/C12H17N/c1-4-10(9(2)3)11-7-5-6-8-12(11)13/h5-8,10H,2,4,13H2,1,3H3. The van der Waals surface area contributed by atoms with Crippen molar-refractivity contribution < 1.29 is 0 Å². The molecule has 0 fully saturated rings. The van der Waals surface area contributed by atoms with Gasteiger partial charge < -0.3 is 5.73 Å². The van der Waals surface area contributed by atoms with Gasteiger partial charge in [0.2, 0.25) is 0 Å². The molecule has 0 aliphatic heterocycles. The first kappa shape index (κ1) is 9.85. The second-order valence-corrected chi connectivity index (χ2v) is 3.44. The van der Waals surface area contributed by atoms with E-state index >= 15 is 0 Å². The summed E-state index contributed by atoms with van der Waals surface area (Å²) in [6, 6.07) is 8.01. The Kier molecular flexibility index (Phi) is 3.13. The number of hydrogen-bond donors (Lipinski definition) is 1. The molecule has 0 aliphatic rings. The van der Waals surface area contributed by atoms with Gasteiger partial charge in [-0.3, -0.25) is 0 Å². The maximum Gasteiger partial charge on any atom is 0.0352 e. The smallest absolute Gasteiger partial charge is 0.0352 e. The normalized spacial score (nSPS) is 12.5. The van der Waals surface area contributed by atoms with Crippen LogP contribution in [-0.2, 0) is 0 Å². The van der Waals surface area contributed by atoms with E-state index in [0.717, 1.165) is 12.1 Å². The number of nitrogen functional groups attached to an aromatic ring is 1. The molecule has 13 heavy (non-hydrogen) atoms. The van der Waals surface area contributed by atoms with Crippen molar-refractivity contribution >= 4 is 5.69 Å². The molecule has 0 heterocycles. The summed E-state index contributed by atoms with van der Waals surface area (Å²) in [4.78, 5) is 0. The van der Waals surface area contributed by atoms with Crippen LogP contribution in [-0.4, -0.2) is 0 Å². The van der Waals surface area contributed by atoms with Crippen molar-refractivity contribution in [2.75, 3.05) is 5.73 Å². The Hall–Kier alpha value is -1.24. The molecule has 70 valence electrons. The van der Waals surface area contributed by atoms with Gasteiger partial charge >= 0.3 is 0 Å². The lowest BCUT2D eigenvalue weighted by Gasteiger charge is -2.17. The molecule has 0 spiro atoms. The van der Waals surface area contributed by atoms with Crippen LogP contribution in [0.1, 0.15) is 31.7 Å². The molecule has 0 aromatic heterocycles. The van der Waals surface area contributed by atoms with Gasteiger partial charge in [0.05, 0.1) is 0 Å². The van der Waals surface area contributed by atoms with Crippen LogP contribution in [0, 0.1) is 0 Å². The maximum absolute atomic E-state index is 5.89. The highest BCUT2D eigenvalue weighted by Gasteiger charge is 2.11. The number of benzene rings is 1. The van der Waals surface area contributed by atoms with Gasteiger partial charge in [0.1, 0.15) is 0 Å². The summed E-state index contributed by atoms with van der Waals surface area (Å²) < 4.78 is 0. The van der Waals surface area contributed by atoms with Crippen molar-refractivity contribution in [3.63, 3.8) is 0 Å². The van der Waals surface area contributed by atoms with Gasteiger partial charge in [-0.05, 0) is 25.0 Å². The van der Waals surface area contributed by atoms with Crippen LogP contribution in [0.4, 0.5) is 5.69 Å². The number of rotatable bonds is 3. The van der Waals surface area contributed by atoms with Gasteiger partial charge in [0, 0.05) is 11.6 Å². The molecule has 0 amide bonds. The maximum atomic E-state index is 5.89. The van der Waals surface area contributed by atoms with Crippen molar-refractivity contribution in [3.8, 4) is 0 Å². The van der Waals surface area contributed by atoms with Crippen LogP contribution in [0.3, 0.4) is 0 Å². The monoisotopic (exact) mass is 175 g/mol. The summed E-state index contributed by atoms with van der Waals surface area (Å²) in [6.07, 6.45) is 1.06. The summed E-state index contributed by atoms with van der Waals surface area (Å²) in [6.45, 7) is 8.20. The molecule has 0 aliphatic carbocycles. The zero-order valence-corrected chi connectivity index (χ0v) is 8.38. The first-order chi connectivity index (χ1) is 6.16. The van der Waals surface area contributed by atoms with Gasteiger partial charge in [0.15, 0.2) is 0 Å². The summed E-state index contributed by atoms with van der Waals surface area (Å²) >= 11 is 0. The third-order valence-electron chi connectivity index (χ3n) is 2.37. The molecule has 0 bridgehead atoms. The predicted octanol–water partition coefficient (Wildman–Crippen LogP) is 3.34. The van der Waals surface area contributed by atoms with Gasteiger partial charge in [-0.15, -0.1) is 0 Å². The first-order valence-corrected chi connectivity index (χ1v) is 4.66. The minimum absolute atomic E-state index is 0.404. The third-order valence-corrected chi connectivity index (χ3v) is 2.37. The van der Waals surface area contributed by atoms with Crippen LogP contribution >= 0.6 is 0 Å². The summed E-state index contributed by atoms with van der Waals surface area (Å²) in [5, 5.41) is 0. The van der Waals surface area contributed by atoms with Gasteiger partial charge in [-0.2, -0.15) is 0 Å². The van der Waals surface area contributed by atoms with E-state index in [9.17, 15) is 0 Å². The Morgan fingerprint density at radius 1 is 1.46 bits per heavy atom. The molecule has 1 rings (SSSR count). The zero-order chi connectivity index (χ0) is 9.84. The minimum Gasteiger partial charge on any atom is -0.398 e. The first-order valence-electron chi connectivity index (χ1n) is 4.66. The highest BCUT2D eigenvalue weighted by Crippen LogP contribution is 2.29. The highest BCUT2D eigenvalue weighted by atomic mass is 14.6. The van der Waals surface area contributed by atoms with E-state index < -0.39 is 0 Å². The Morgan fingerprint density at radius 3 is 2.54 bits per heavy atom. The fourth-order valence-electron chi connectivity index (χ4n) is 1.66. The lowest BCUT2D eigenvalue weighted by atomic mass is 9.90. The van der Waals surface area contributed by atoms with Gasteiger partial charge in [-0.25, -0.2) is 0 Å². The fraction of sp³-hybridized carbons (Fsp3) is 0.333. The average molecular weight is 175 g/mol. The van der Waals surface area contributed by atoms with E-state index in [0.29, 0.717) is 5.92 Å². The number of allylic oxidation sites excluding steroid dienone is 1. The second-order valence-electron chi connectivity index (χ2n) is 3.44. The Balaban J connectivity index is 3.04. The van der Waals surface area contributed by atoms with Crippen molar-refractivity contribution in [1.29, 1.82) is 0 Å². The molecule has 0 radical (unpaired) electrons. The number of anilines is 1. The lowest BCUT2D eigenvalue weighted by molar-refractivity contribution is 0.765. The van der Waals surface area contributed by atoms with Crippen molar-refractivity contribution in [2.24, 2.45) is 0 Å². The van der Waals surface area contributed by atoms with E-state index in [1.807, 2.05) is 18.2 Å². The van der Waals surface area contributed by atoms with Crippen molar-refractivity contribution in [1.82, 2.24) is 0 Å². The van der Waals surface area contributed by atoms with E-state index in [1.165, 1.54) is 11.1 Å². The van der Waals surface area contributed by atoms with Crippen LogP contribution in [0.5, 0.6) is 0 Å². The number of nitrogens with two attached hydrogens (primary N) is 1. The van der Waals surface area contributed by atoms with Crippen LogP contribution in [0.25, 0.3) is 0 Å².